The van der Waals surface area contributed by atoms with Crippen LogP contribution in [0.4, 0.5) is 0 Å². The predicted molar refractivity (Wildman–Crippen MR) is 82.3 cm³/mol. The van der Waals surface area contributed by atoms with Crippen LogP contribution in [-0.4, -0.2) is 38.5 Å². The fourth-order valence-electron chi connectivity index (χ4n) is 2.66. The summed E-state index contributed by atoms with van der Waals surface area (Å²) < 4.78 is 11.5. The highest BCUT2D eigenvalue weighted by Crippen LogP contribution is 2.16. The summed E-state index contributed by atoms with van der Waals surface area (Å²) in [5.41, 5.74) is 4.09. The van der Waals surface area contributed by atoms with Gasteiger partial charge in [0.15, 0.2) is 0 Å². The van der Waals surface area contributed by atoms with Gasteiger partial charge >= 0.3 is 0 Å². The van der Waals surface area contributed by atoms with E-state index in [0.29, 0.717) is 19.3 Å². The molecule has 0 amide bonds. The molecule has 0 aliphatic carbocycles. The second-order valence-electron chi connectivity index (χ2n) is 5.68. The molecule has 2 atom stereocenters. The van der Waals surface area contributed by atoms with E-state index in [0.717, 1.165) is 26.0 Å². The van der Waals surface area contributed by atoms with Crippen LogP contribution in [0.1, 0.15) is 30.0 Å². The van der Waals surface area contributed by atoms with Crippen molar-refractivity contribution < 1.29 is 9.47 Å². The Morgan fingerprint density at radius 2 is 2.15 bits per heavy atom. The highest BCUT2D eigenvalue weighted by atomic mass is 16.6. The molecular formula is C17H27NO2. The summed E-state index contributed by atoms with van der Waals surface area (Å²) in [6.07, 6.45) is 2.30. The Morgan fingerprint density at radius 1 is 1.30 bits per heavy atom. The first-order chi connectivity index (χ1) is 9.70. The molecule has 0 aromatic heterocycles. The number of rotatable bonds is 6. The largest absolute Gasteiger partial charge is 0.376 e. The van der Waals surface area contributed by atoms with E-state index in [1.807, 2.05) is 0 Å². The molecule has 1 aromatic carbocycles. The molecule has 1 saturated heterocycles. The molecule has 0 saturated carbocycles. The Hall–Kier alpha value is -0.900. The smallest absolute Gasteiger partial charge is 0.0965 e. The Kier molecular flexibility index (Phi) is 6.02. The van der Waals surface area contributed by atoms with Gasteiger partial charge in [-0.3, -0.25) is 0 Å². The molecule has 2 rings (SSSR count). The zero-order valence-corrected chi connectivity index (χ0v) is 12.9. The fourth-order valence-corrected chi connectivity index (χ4v) is 2.66. The van der Waals surface area contributed by atoms with Crippen LogP contribution >= 0.6 is 0 Å². The average Bonchev–Trinajstić information content (AvgIpc) is 2.48. The van der Waals surface area contributed by atoms with Gasteiger partial charge in [0.2, 0.25) is 0 Å². The van der Waals surface area contributed by atoms with Crippen LogP contribution in [-0.2, 0) is 15.9 Å². The molecule has 1 N–H and O–H groups in total. The average molecular weight is 277 g/mol. The SMILES string of the molecule is CCCNC(Cc1cc(C)ccc1C)C1COCCO1. The third-order valence-electron chi connectivity index (χ3n) is 3.89. The quantitative estimate of drug-likeness (QED) is 0.867. The first-order valence-corrected chi connectivity index (χ1v) is 7.69. The van der Waals surface area contributed by atoms with Gasteiger partial charge in [0.05, 0.1) is 25.9 Å². The van der Waals surface area contributed by atoms with Crippen molar-refractivity contribution in [1.29, 1.82) is 0 Å². The Morgan fingerprint density at radius 3 is 2.85 bits per heavy atom. The van der Waals surface area contributed by atoms with Crippen molar-refractivity contribution in [3.8, 4) is 0 Å². The lowest BCUT2D eigenvalue weighted by atomic mass is 9.96. The van der Waals surface area contributed by atoms with Gasteiger partial charge in [-0.25, -0.2) is 0 Å². The van der Waals surface area contributed by atoms with E-state index in [-0.39, 0.29) is 6.10 Å². The number of nitrogens with one attached hydrogen (secondary N) is 1. The van der Waals surface area contributed by atoms with E-state index < -0.39 is 0 Å². The molecule has 0 radical (unpaired) electrons. The summed E-state index contributed by atoms with van der Waals surface area (Å²) in [4.78, 5) is 0. The maximum atomic E-state index is 5.89. The minimum Gasteiger partial charge on any atom is -0.376 e. The van der Waals surface area contributed by atoms with Crippen molar-refractivity contribution in [2.45, 2.75) is 45.8 Å². The van der Waals surface area contributed by atoms with Crippen molar-refractivity contribution in [3.63, 3.8) is 0 Å². The molecule has 0 bridgehead atoms. The maximum absolute atomic E-state index is 5.89. The van der Waals surface area contributed by atoms with E-state index in [1.54, 1.807) is 0 Å². The highest BCUT2D eigenvalue weighted by molar-refractivity contribution is 5.31. The van der Waals surface area contributed by atoms with Gasteiger partial charge in [0.1, 0.15) is 0 Å². The fraction of sp³-hybridized carbons (Fsp3) is 0.647. The van der Waals surface area contributed by atoms with Gasteiger partial charge in [-0.05, 0) is 44.4 Å². The van der Waals surface area contributed by atoms with E-state index in [9.17, 15) is 0 Å². The van der Waals surface area contributed by atoms with Gasteiger partial charge < -0.3 is 14.8 Å². The van der Waals surface area contributed by atoms with Gasteiger partial charge in [-0.2, -0.15) is 0 Å². The van der Waals surface area contributed by atoms with Crippen LogP contribution in [0.2, 0.25) is 0 Å². The molecular weight excluding hydrogens is 250 g/mol. The second kappa shape index (κ2) is 7.77. The van der Waals surface area contributed by atoms with Crippen molar-refractivity contribution in [1.82, 2.24) is 5.32 Å². The Balaban J connectivity index is 2.07. The zero-order chi connectivity index (χ0) is 14.4. The standard InChI is InChI=1S/C17H27NO2/c1-4-7-18-16(17-12-19-8-9-20-17)11-15-10-13(2)5-6-14(15)3/h5-6,10,16-18H,4,7-9,11-12H2,1-3H3. The van der Waals surface area contributed by atoms with Crippen LogP contribution in [0.3, 0.4) is 0 Å². The van der Waals surface area contributed by atoms with Crippen LogP contribution in [0.5, 0.6) is 0 Å². The lowest BCUT2D eigenvalue weighted by molar-refractivity contribution is -0.101. The first kappa shape index (κ1) is 15.5. The van der Waals surface area contributed by atoms with Gasteiger partial charge in [-0.15, -0.1) is 0 Å². The van der Waals surface area contributed by atoms with Crippen molar-refractivity contribution in [3.05, 3.63) is 34.9 Å². The lowest BCUT2D eigenvalue weighted by Gasteiger charge is -2.31. The normalized spacial score (nSPS) is 20.9. The van der Waals surface area contributed by atoms with Gasteiger partial charge in [0, 0.05) is 6.04 Å². The van der Waals surface area contributed by atoms with Crippen LogP contribution in [0.25, 0.3) is 0 Å². The van der Waals surface area contributed by atoms with Crippen molar-refractivity contribution >= 4 is 0 Å². The molecule has 1 aliphatic heterocycles. The van der Waals surface area contributed by atoms with E-state index in [2.05, 4.69) is 44.3 Å². The molecule has 0 spiro atoms. The molecule has 3 heteroatoms. The third kappa shape index (κ3) is 4.30. The number of aryl methyl sites for hydroxylation is 2. The minimum atomic E-state index is 0.162. The predicted octanol–water partition coefficient (Wildman–Crippen LogP) is 2.63. The van der Waals surface area contributed by atoms with E-state index in [1.165, 1.54) is 16.7 Å². The summed E-state index contributed by atoms with van der Waals surface area (Å²) in [7, 11) is 0. The number of benzene rings is 1. The molecule has 112 valence electrons. The van der Waals surface area contributed by atoms with E-state index >= 15 is 0 Å². The number of ether oxygens (including phenoxy) is 2. The van der Waals surface area contributed by atoms with Crippen LogP contribution < -0.4 is 5.32 Å². The summed E-state index contributed by atoms with van der Waals surface area (Å²) in [5, 5.41) is 3.63. The van der Waals surface area contributed by atoms with Crippen molar-refractivity contribution in [2.24, 2.45) is 0 Å². The summed E-state index contributed by atoms with van der Waals surface area (Å²) >= 11 is 0. The van der Waals surface area contributed by atoms with Crippen molar-refractivity contribution in [2.75, 3.05) is 26.4 Å². The highest BCUT2D eigenvalue weighted by Gasteiger charge is 2.25. The molecule has 1 aliphatic rings. The number of hydrogen-bond acceptors (Lipinski definition) is 3. The first-order valence-electron chi connectivity index (χ1n) is 7.69. The van der Waals surface area contributed by atoms with Crippen LogP contribution in [0.15, 0.2) is 18.2 Å². The Labute approximate surface area is 122 Å². The monoisotopic (exact) mass is 277 g/mol. The summed E-state index contributed by atoms with van der Waals surface area (Å²) in [5.74, 6) is 0. The Bertz CT molecular complexity index is 413. The van der Waals surface area contributed by atoms with E-state index in [4.69, 9.17) is 9.47 Å². The second-order valence-corrected chi connectivity index (χ2v) is 5.68. The molecule has 1 aromatic rings. The molecule has 1 heterocycles. The maximum Gasteiger partial charge on any atom is 0.0965 e. The zero-order valence-electron chi connectivity index (χ0n) is 12.9. The third-order valence-corrected chi connectivity index (χ3v) is 3.89. The molecule has 1 fully saturated rings. The topological polar surface area (TPSA) is 30.5 Å². The lowest BCUT2D eigenvalue weighted by Crippen LogP contribution is -2.48. The molecule has 3 nitrogen and oxygen atoms in total. The summed E-state index contributed by atoms with van der Waals surface area (Å²) in [6.45, 7) is 9.69. The van der Waals surface area contributed by atoms with Gasteiger partial charge in [-0.1, -0.05) is 30.7 Å². The number of hydrogen-bond donors (Lipinski definition) is 1. The molecule has 20 heavy (non-hydrogen) atoms. The minimum absolute atomic E-state index is 0.162. The van der Waals surface area contributed by atoms with Gasteiger partial charge in [0.25, 0.3) is 0 Å². The molecule has 2 unspecified atom stereocenters. The summed E-state index contributed by atoms with van der Waals surface area (Å²) in [6, 6.07) is 7.00. The van der Waals surface area contributed by atoms with Crippen LogP contribution in [0, 0.1) is 13.8 Å².